The normalized spacial score (nSPS) is 66.0. The molecule has 2 atom stereocenters. The Bertz CT molecular complexity index is 203. The molecule has 80 valence electrons. The fourth-order valence-electron chi connectivity index (χ4n) is 5.72. The first-order valence-electron chi connectivity index (χ1n) is 5.75. The van der Waals surface area contributed by atoms with E-state index in [0.717, 1.165) is 32.1 Å². The summed E-state index contributed by atoms with van der Waals surface area (Å²) in [5, 5.41) is 10.5. The molecule has 0 radical (unpaired) electrons. The first-order valence-corrected chi connectivity index (χ1v) is 5.75. The zero-order chi connectivity index (χ0) is 10.2. The van der Waals surface area contributed by atoms with Crippen LogP contribution in [0.3, 0.4) is 0 Å². The summed E-state index contributed by atoms with van der Waals surface area (Å²) in [7, 11) is 0. The van der Waals surface area contributed by atoms with Gasteiger partial charge in [0.2, 0.25) is 0 Å². The van der Waals surface area contributed by atoms with Crippen molar-refractivity contribution in [2.24, 2.45) is 16.6 Å². The highest BCUT2D eigenvalue weighted by Gasteiger charge is 2.64. The zero-order valence-corrected chi connectivity index (χ0v) is 9.27. The summed E-state index contributed by atoms with van der Waals surface area (Å²) in [5.74, 6) is 0. The predicted octanol–water partition coefficient (Wildman–Crippen LogP) is 1.81. The van der Waals surface area contributed by atoms with Crippen molar-refractivity contribution in [2.75, 3.05) is 0 Å². The summed E-state index contributed by atoms with van der Waals surface area (Å²) in [6.45, 7) is 4.63. The van der Waals surface area contributed by atoms with E-state index in [-0.39, 0.29) is 5.54 Å². The van der Waals surface area contributed by atoms with Crippen LogP contribution in [0.15, 0.2) is 0 Å². The van der Waals surface area contributed by atoms with Gasteiger partial charge in [0.15, 0.2) is 0 Å². The predicted molar refractivity (Wildman–Crippen MR) is 55.8 cm³/mol. The van der Waals surface area contributed by atoms with Crippen molar-refractivity contribution in [1.82, 2.24) is 0 Å². The van der Waals surface area contributed by atoms with Gasteiger partial charge in [-0.15, -0.1) is 0 Å². The molecule has 4 aliphatic rings. The molecule has 2 nitrogen and oxygen atoms in total. The maximum absolute atomic E-state index is 10.5. The number of hydrogen-bond donors (Lipinski definition) is 2. The van der Waals surface area contributed by atoms with Gasteiger partial charge in [0.1, 0.15) is 0 Å². The second-order valence-corrected chi connectivity index (χ2v) is 7.27. The molecule has 0 aromatic carbocycles. The topological polar surface area (TPSA) is 46.2 Å². The molecular weight excluding hydrogens is 174 g/mol. The highest BCUT2D eigenvalue weighted by Crippen LogP contribution is 2.66. The van der Waals surface area contributed by atoms with Crippen molar-refractivity contribution in [3.05, 3.63) is 0 Å². The molecule has 0 saturated heterocycles. The molecule has 0 aromatic rings. The van der Waals surface area contributed by atoms with E-state index < -0.39 is 5.60 Å². The SMILES string of the molecule is C[C@]12CC3(N)CC(O)(C1)C[C@](C)(C3)C2. The summed E-state index contributed by atoms with van der Waals surface area (Å²) in [4.78, 5) is 0. The fourth-order valence-corrected chi connectivity index (χ4v) is 5.72. The van der Waals surface area contributed by atoms with E-state index in [1.807, 2.05) is 0 Å². The molecule has 14 heavy (non-hydrogen) atoms. The molecule has 0 spiro atoms. The molecule has 3 N–H and O–H groups in total. The first kappa shape index (κ1) is 9.17. The summed E-state index contributed by atoms with van der Waals surface area (Å²) < 4.78 is 0. The van der Waals surface area contributed by atoms with Gasteiger partial charge >= 0.3 is 0 Å². The summed E-state index contributed by atoms with van der Waals surface area (Å²) in [6, 6.07) is 0. The Balaban J connectivity index is 2.08. The smallest absolute Gasteiger partial charge is 0.0675 e. The van der Waals surface area contributed by atoms with Gasteiger partial charge in [-0.25, -0.2) is 0 Å². The molecule has 0 amide bonds. The summed E-state index contributed by atoms with van der Waals surface area (Å²) in [5.41, 5.74) is 6.54. The number of hydrogen-bond acceptors (Lipinski definition) is 2. The lowest BCUT2D eigenvalue weighted by atomic mass is 9.41. The van der Waals surface area contributed by atoms with Gasteiger partial charge in [-0.05, 0) is 49.4 Å². The molecule has 2 heteroatoms. The molecule has 0 aromatic heterocycles. The Hall–Kier alpha value is -0.0800. The van der Waals surface area contributed by atoms with Crippen molar-refractivity contribution in [2.45, 2.75) is 63.5 Å². The van der Waals surface area contributed by atoms with Crippen molar-refractivity contribution in [1.29, 1.82) is 0 Å². The van der Waals surface area contributed by atoms with Crippen molar-refractivity contribution in [3.63, 3.8) is 0 Å². The fraction of sp³-hybridized carbons (Fsp3) is 1.00. The van der Waals surface area contributed by atoms with Crippen LogP contribution in [0.25, 0.3) is 0 Å². The molecular formula is C12H21NO. The summed E-state index contributed by atoms with van der Waals surface area (Å²) >= 11 is 0. The highest BCUT2D eigenvalue weighted by molar-refractivity contribution is 5.18. The average molecular weight is 195 g/mol. The Kier molecular flexibility index (Phi) is 1.34. The minimum atomic E-state index is -0.438. The van der Waals surface area contributed by atoms with E-state index in [4.69, 9.17) is 5.73 Å². The molecule has 0 aliphatic heterocycles. The van der Waals surface area contributed by atoms with E-state index >= 15 is 0 Å². The van der Waals surface area contributed by atoms with Crippen LogP contribution in [0.2, 0.25) is 0 Å². The van der Waals surface area contributed by atoms with Crippen LogP contribution >= 0.6 is 0 Å². The number of aliphatic hydroxyl groups is 1. The van der Waals surface area contributed by atoms with Crippen molar-refractivity contribution in [3.8, 4) is 0 Å². The van der Waals surface area contributed by atoms with E-state index in [0.29, 0.717) is 10.8 Å². The standard InChI is InChI=1S/C12H21NO/c1-9-3-10(2)5-11(13,4-9)8-12(14,6-9)7-10/h14H,3-8,13H2,1-2H3/t9-,10-,11?,12?/m0/s1. The Labute approximate surface area is 85.9 Å². The highest BCUT2D eigenvalue weighted by atomic mass is 16.3. The molecule has 0 unspecified atom stereocenters. The molecule has 0 heterocycles. The lowest BCUT2D eigenvalue weighted by Gasteiger charge is -2.67. The molecule has 4 saturated carbocycles. The van der Waals surface area contributed by atoms with Crippen LogP contribution in [-0.4, -0.2) is 16.2 Å². The molecule has 4 bridgehead atoms. The quantitative estimate of drug-likeness (QED) is 0.619. The maximum atomic E-state index is 10.5. The largest absolute Gasteiger partial charge is 0.390 e. The maximum Gasteiger partial charge on any atom is 0.0675 e. The average Bonchev–Trinajstić information content (AvgIpc) is 1.67. The van der Waals surface area contributed by atoms with Crippen LogP contribution in [0.4, 0.5) is 0 Å². The van der Waals surface area contributed by atoms with Crippen LogP contribution in [0.1, 0.15) is 52.4 Å². The summed E-state index contributed by atoms with van der Waals surface area (Å²) in [6.07, 6.45) is 6.31. The Morgan fingerprint density at radius 2 is 1.36 bits per heavy atom. The monoisotopic (exact) mass is 195 g/mol. The third-order valence-corrected chi connectivity index (χ3v) is 4.60. The van der Waals surface area contributed by atoms with E-state index in [1.54, 1.807) is 0 Å². The lowest BCUT2D eigenvalue weighted by Crippen LogP contribution is -2.68. The van der Waals surface area contributed by atoms with Gasteiger partial charge < -0.3 is 10.8 Å². The number of rotatable bonds is 0. The van der Waals surface area contributed by atoms with E-state index in [1.165, 1.54) is 6.42 Å². The van der Waals surface area contributed by atoms with Gasteiger partial charge in [0.05, 0.1) is 5.60 Å². The van der Waals surface area contributed by atoms with Crippen LogP contribution in [-0.2, 0) is 0 Å². The Morgan fingerprint density at radius 3 is 1.71 bits per heavy atom. The lowest BCUT2D eigenvalue weighted by molar-refractivity contribution is -0.196. The van der Waals surface area contributed by atoms with Crippen LogP contribution < -0.4 is 5.73 Å². The third-order valence-electron chi connectivity index (χ3n) is 4.60. The van der Waals surface area contributed by atoms with E-state index in [2.05, 4.69) is 13.8 Å². The van der Waals surface area contributed by atoms with Crippen LogP contribution in [0, 0.1) is 10.8 Å². The zero-order valence-electron chi connectivity index (χ0n) is 9.27. The second-order valence-electron chi connectivity index (χ2n) is 7.27. The Morgan fingerprint density at radius 1 is 0.857 bits per heavy atom. The van der Waals surface area contributed by atoms with E-state index in [9.17, 15) is 5.11 Å². The number of nitrogens with two attached hydrogens (primary N) is 1. The van der Waals surface area contributed by atoms with Crippen molar-refractivity contribution < 1.29 is 5.11 Å². The van der Waals surface area contributed by atoms with Gasteiger partial charge in [-0.3, -0.25) is 0 Å². The second kappa shape index (κ2) is 2.05. The molecule has 4 rings (SSSR count). The third kappa shape index (κ3) is 1.10. The van der Waals surface area contributed by atoms with Gasteiger partial charge in [0.25, 0.3) is 0 Å². The first-order chi connectivity index (χ1) is 6.24. The molecule has 4 aliphatic carbocycles. The van der Waals surface area contributed by atoms with Gasteiger partial charge in [-0.1, -0.05) is 13.8 Å². The molecule has 4 fully saturated rings. The minimum Gasteiger partial charge on any atom is -0.390 e. The van der Waals surface area contributed by atoms with Gasteiger partial charge in [0, 0.05) is 5.54 Å². The minimum absolute atomic E-state index is 0.0625. The van der Waals surface area contributed by atoms with Crippen molar-refractivity contribution >= 4 is 0 Å². The van der Waals surface area contributed by atoms with Gasteiger partial charge in [-0.2, -0.15) is 0 Å². The van der Waals surface area contributed by atoms with Crippen LogP contribution in [0.5, 0.6) is 0 Å².